The zero-order valence-electron chi connectivity index (χ0n) is 10.1. The van der Waals surface area contributed by atoms with E-state index in [0.717, 1.165) is 17.7 Å². The van der Waals surface area contributed by atoms with Crippen molar-refractivity contribution in [2.45, 2.75) is 12.7 Å². The van der Waals surface area contributed by atoms with Gasteiger partial charge in [0.1, 0.15) is 0 Å². The summed E-state index contributed by atoms with van der Waals surface area (Å²) in [5, 5.41) is 0. The van der Waals surface area contributed by atoms with Crippen molar-refractivity contribution in [1.82, 2.24) is 4.98 Å². The van der Waals surface area contributed by atoms with Crippen LogP contribution in [0.5, 0.6) is 0 Å². The van der Waals surface area contributed by atoms with Crippen LogP contribution in [0, 0.1) is 0 Å². The fourth-order valence-corrected chi connectivity index (χ4v) is 2.04. The molecule has 2 heterocycles. The summed E-state index contributed by atoms with van der Waals surface area (Å²) in [7, 11) is 0. The molecule has 3 nitrogen and oxygen atoms in total. The molecule has 0 bridgehead atoms. The van der Waals surface area contributed by atoms with Gasteiger partial charge in [0.2, 0.25) is 0 Å². The van der Waals surface area contributed by atoms with Crippen molar-refractivity contribution >= 4 is 0 Å². The minimum Gasteiger partial charge on any atom is -0.346 e. The molecular formula is C15H15NO2. The van der Waals surface area contributed by atoms with Gasteiger partial charge in [-0.3, -0.25) is 4.98 Å². The van der Waals surface area contributed by atoms with Crippen LogP contribution in [0.2, 0.25) is 0 Å². The summed E-state index contributed by atoms with van der Waals surface area (Å²) in [4.78, 5) is 4.46. The van der Waals surface area contributed by atoms with Gasteiger partial charge in [-0.05, 0) is 11.6 Å². The third-order valence-electron chi connectivity index (χ3n) is 2.97. The zero-order valence-corrected chi connectivity index (χ0v) is 10.1. The van der Waals surface area contributed by atoms with Crippen molar-refractivity contribution < 1.29 is 9.47 Å². The van der Waals surface area contributed by atoms with Gasteiger partial charge in [-0.1, -0.05) is 36.4 Å². The Morgan fingerprint density at radius 2 is 1.78 bits per heavy atom. The number of aromatic nitrogens is 1. The van der Waals surface area contributed by atoms with Crippen LogP contribution in [0.4, 0.5) is 0 Å². The molecule has 0 unspecified atom stereocenters. The summed E-state index contributed by atoms with van der Waals surface area (Å²) < 4.78 is 10.9. The molecule has 1 aliphatic rings. The standard InChI is InChI=1S/C15H15NO2/c1-2-4-12(5-3-1)10-14-7-6-13(11-16-14)15-17-8-9-18-15/h1-7,11,15H,8-10H2. The van der Waals surface area contributed by atoms with Gasteiger partial charge in [-0.2, -0.15) is 0 Å². The maximum Gasteiger partial charge on any atom is 0.185 e. The molecule has 0 N–H and O–H groups in total. The topological polar surface area (TPSA) is 31.4 Å². The molecule has 1 fully saturated rings. The van der Waals surface area contributed by atoms with Crippen LogP contribution in [0.25, 0.3) is 0 Å². The van der Waals surface area contributed by atoms with Crippen LogP contribution in [0.15, 0.2) is 48.7 Å². The second kappa shape index (κ2) is 5.29. The Morgan fingerprint density at radius 3 is 2.44 bits per heavy atom. The molecule has 0 spiro atoms. The van der Waals surface area contributed by atoms with Gasteiger partial charge in [0, 0.05) is 23.9 Å². The Bertz CT molecular complexity index is 490. The molecule has 1 saturated heterocycles. The first-order valence-corrected chi connectivity index (χ1v) is 6.14. The third kappa shape index (κ3) is 2.58. The van der Waals surface area contributed by atoms with E-state index < -0.39 is 0 Å². The predicted molar refractivity (Wildman–Crippen MR) is 68.1 cm³/mol. The minimum atomic E-state index is -0.233. The van der Waals surface area contributed by atoms with E-state index in [1.165, 1.54) is 5.56 Å². The van der Waals surface area contributed by atoms with Crippen LogP contribution in [0.3, 0.4) is 0 Å². The first-order valence-electron chi connectivity index (χ1n) is 6.14. The molecular weight excluding hydrogens is 226 g/mol. The fraction of sp³-hybridized carbons (Fsp3) is 0.267. The number of ether oxygens (including phenoxy) is 2. The van der Waals surface area contributed by atoms with Crippen molar-refractivity contribution in [3.8, 4) is 0 Å². The minimum absolute atomic E-state index is 0.233. The van der Waals surface area contributed by atoms with Gasteiger partial charge in [0.05, 0.1) is 13.2 Å². The van der Waals surface area contributed by atoms with E-state index in [2.05, 4.69) is 17.1 Å². The van der Waals surface area contributed by atoms with Gasteiger partial charge in [0.15, 0.2) is 6.29 Å². The number of rotatable bonds is 3. The highest BCUT2D eigenvalue weighted by Gasteiger charge is 2.18. The average molecular weight is 241 g/mol. The molecule has 0 aliphatic carbocycles. The molecule has 92 valence electrons. The van der Waals surface area contributed by atoms with Crippen LogP contribution >= 0.6 is 0 Å². The Morgan fingerprint density at radius 1 is 1.00 bits per heavy atom. The lowest BCUT2D eigenvalue weighted by atomic mass is 10.1. The van der Waals surface area contributed by atoms with E-state index in [1.807, 2.05) is 36.5 Å². The normalized spacial score (nSPS) is 16.0. The molecule has 3 heteroatoms. The van der Waals surface area contributed by atoms with E-state index in [-0.39, 0.29) is 6.29 Å². The number of benzene rings is 1. The van der Waals surface area contributed by atoms with Crippen LogP contribution in [-0.4, -0.2) is 18.2 Å². The molecule has 2 aromatic rings. The zero-order chi connectivity index (χ0) is 12.2. The first-order chi connectivity index (χ1) is 8.92. The summed E-state index contributed by atoms with van der Waals surface area (Å²) >= 11 is 0. The van der Waals surface area contributed by atoms with E-state index in [4.69, 9.17) is 9.47 Å². The fourth-order valence-electron chi connectivity index (χ4n) is 2.04. The van der Waals surface area contributed by atoms with Crippen molar-refractivity contribution in [3.05, 3.63) is 65.5 Å². The Labute approximate surface area is 106 Å². The van der Waals surface area contributed by atoms with E-state index >= 15 is 0 Å². The number of pyridine rings is 1. The highest BCUT2D eigenvalue weighted by Crippen LogP contribution is 2.22. The summed E-state index contributed by atoms with van der Waals surface area (Å²) in [5.41, 5.74) is 3.32. The van der Waals surface area contributed by atoms with Gasteiger partial charge < -0.3 is 9.47 Å². The molecule has 0 amide bonds. The highest BCUT2D eigenvalue weighted by molar-refractivity contribution is 5.23. The van der Waals surface area contributed by atoms with Crippen LogP contribution < -0.4 is 0 Å². The molecule has 0 radical (unpaired) electrons. The smallest absolute Gasteiger partial charge is 0.185 e. The van der Waals surface area contributed by atoms with Gasteiger partial charge in [-0.15, -0.1) is 0 Å². The van der Waals surface area contributed by atoms with Crippen molar-refractivity contribution in [2.24, 2.45) is 0 Å². The van der Waals surface area contributed by atoms with Crippen molar-refractivity contribution in [3.63, 3.8) is 0 Å². The van der Waals surface area contributed by atoms with Gasteiger partial charge in [0.25, 0.3) is 0 Å². The molecule has 0 saturated carbocycles. The summed E-state index contributed by atoms with van der Waals surface area (Å²) in [6.45, 7) is 1.33. The van der Waals surface area contributed by atoms with E-state index in [0.29, 0.717) is 13.2 Å². The van der Waals surface area contributed by atoms with E-state index in [9.17, 15) is 0 Å². The summed E-state index contributed by atoms with van der Waals surface area (Å²) in [6, 6.07) is 14.4. The summed E-state index contributed by atoms with van der Waals surface area (Å²) in [6.07, 6.45) is 2.46. The predicted octanol–water partition coefficient (Wildman–Crippen LogP) is 2.72. The average Bonchev–Trinajstić information content (AvgIpc) is 2.95. The molecule has 1 aromatic carbocycles. The van der Waals surface area contributed by atoms with Crippen molar-refractivity contribution in [2.75, 3.05) is 13.2 Å². The number of nitrogens with zero attached hydrogens (tertiary/aromatic N) is 1. The van der Waals surface area contributed by atoms with Gasteiger partial charge >= 0.3 is 0 Å². The molecule has 1 aliphatic heterocycles. The first kappa shape index (κ1) is 11.4. The molecule has 3 rings (SSSR count). The van der Waals surface area contributed by atoms with Crippen molar-refractivity contribution in [1.29, 1.82) is 0 Å². The quantitative estimate of drug-likeness (QED) is 0.828. The maximum absolute atomic E-state index is 5.43. The lowest BCUT2D eigenvalue weighted by Gasteiger charge is -2.09. The largest absolute Gasteiger partial charge is 0.346 e. The lowest BCUT2D eigenvalue weighted by molar-refractivity contribution is -0.0443. The summed E-state index contributed by atoms with van der Waals surface area (Å²) in [5.74, 6) is 0. The van der Waals surface area contributed by atoms with Gasteiger partial charge in [-0.25, -0.2) is 0 Å². The highest BCUT2D eigenvalue weighted by atomic mass is 16.7. The number of hydrogen-bond donors (Lipinski definition) is 0. The molecule has 1 aromatic heterocycles. The number of hydrogen-bond acceptors (Lipinski definition) is 3. The second-order valence-corrected chi connectivity index (χ2v) is 4.32. The molecule has 18 heavy (non-hydrogen) atoms. The Hall–Kier alpha value is -1.71. The van der Waals surface area contributed by atoms with Crippen LogP contribution in [0.1, 0.15) is 23.1 Å². The molecule has 0 atom stereocenters. The third-order valence-corrected chi connectivity index (χ3v) is 2.97. The SMILES string of the molecule is c1ccc(Cc2ccc(C3OCCO3)cn2)cc1. The second-order valence-electron chi connectivity index (χ2n) is 4.32. The lowest BCUT2D eigenvalue weighted by Crippen LogP contribution is -2.00. The van der Waals surface area contributed by atoms with Crippen LogP contribution in [-0.2, 0) is 15.9 Å². The Balaban J connectivity index is 1.71. The maximum atomic E-state index is 5.43. The Kier molecular flexibility index (Phi) is 3.35. The van der Waals surface area contributed by atoms with E-state index in [1.54, 1.807) is 0 Å². The monoisotopic (exact) mass is 241 g/mol.